The number of carbonyl (C=O) groups excluding carboxylic acids is 1. The van der Waals surface area contributed by atoms with E-state index in [4.69, 9.17) is 9.84 Å². The number of hydrogen-bond acceptors (Lipinski definition) is 5. The summed E-state index contributed by atoms with van der Waals surface area (Å²) in [5, 5.41) is 12.7. The monoisotopic (exact) mass is 334 g/mol. The minimum atomic E-state index is -0.141. The van der Waals surface area contributed by atoms with Crippen LogP contribution in [-0.2, 0) is 0 Å². The Balaban J connectivity index is 2.12. The molecule has 0 spiro atoms. The highest BCUT2D eigenvalue weighted by atomic mass is 32.1. The molecule has 2 aromatic rings. The summed E-state index contributed by atoms with van der Waals surface area (Å²) in [6.45, 7) is 6.79. The van der Waals surface area contributed by atoms with E-state index in [-0.39, 0.29) is 18.4 Å². The molecule has 0 aliphatic rings. The van der Waals surface area contributed by atoms with Crippen molar-refractivity contribution in [3.63, 3.8) is 0 Å². The molecule has 1 amide bonds. The quantitative estimate of drug-likeness (QED) is 0.817. The average Bonchev–Trinajstić information content (AvgIpc) is 2.95. The summed E-state index contributed by atoms with van der Waals surface area (Å²) in [5.41, 5.74) is 1.68. The third-order valence-corrected chi connectivity index (χ3v) is 4.54. The van der Waals surface area contributed by atoms with Gasteiger partial charge in [0.1, 0.15) is 15.6 Å². The van der Waals surface area contributed by atoms with Gasteiger partial charge in [-0.1, -0.05) is 6.92 Å². The Labute approximate surface area is 140 Å². The fraction of sp³-hybridized carbons (Fsp3) is 0.412. The van der Waals surface area contributed by atoms with Gasteiger partial charge in [0, 0.05) is 18.7 Å². The Morgan fingerprint density at radius 1 is 1.39 bits per heavy atom. The maximum atomic E-state index is 12.2. The zero-order valence-electron chi connectivity index (χ0n) is 13.6. The minimum absolute atomic E-state index is 0.0396. The highest BCUT2D eigenvalue weighted by Gasteiger charge is 2.16. The van der Waals surface area contributed by atoms with E-state index >= 15 is 0 Å². The van der Waals surface area contributed by atoms with E-state index in [1.807, 2.05) is 45.0 Å². The topological polar surface area (TPSA) is 71.5 Å². The van der Waals surface area contributed by atoms with Gasteiger partial charge in [-0.3, -0.25) is 4.79 Å². The van der Waals surface area contributed by atoms with Gasteiger partial charge < -0.3 is 15.2 Å². The van der Waals surface area contributed by atoms with Crippen molar-refractivity contribution in [2.75, 3.05) is 19.8 Å². The lowest BCUT2D eigenvalue weighted by molar-refractivity contribution is 0.0945. The number of aryl methyl sites for hydroxylation is 1. The molecule has 0 radical (unpaired) electrons. The van der Waals surface area contributed by atoms with Crippen LogP contribution in [0.4, 0.5) is 0 Å². The van der Waals surface area contributed by atoms with Crippen molar-refractivity contribution >= 4 is 17.2 Å². The number of benzene rings is 1. The van der Waals surface area contributed by atoms with Crippen LogP contribution in [-0.4, -0.2) is 35.8 Å². The molecular weight excluding hydrogens is 312 g/mol. The number of nitrogens with one attached hydrogen (secondary N) is 1. The molecule has 6 heteroatoms. The Kier molecular flexibility index (Phi) is 6.12. The van der Waals surface area contributed by atoms with Gasteiger partial charge in [0.2, 0.25) is 0 Å². The molecule has 0 aliphatic carbocycles. The summed E-state index contributed by atoms with van der Waals surface area (Å²) in [4.78, 5) is 17.3. The van der Waals surface area contributed by atoms with Crippen molar-refractivity contribution in [3.05, 3.63) is 34.8 Å². The number of nitrogens with zero attached hydrogens (tertiary/aromatic N) is 1. The second-order valence-corrected chi connectivity index (χ2v) is 6.39. The standard InChI is InChI=1S/C17H22N2O3S/c1-4-22-14-7-5-13(6-8-14)17-19-12(3)15(23-17)16(21)18-9-11(2)10-20/h5-8,11,20H,4,9-10H2,1-3H3,(H,18,21). The number of ether oxygens (including phenoxy) is 1. The van der Waals surface area contributed by atoms with Crippen LogP contribution in [0.3, 0.4) is 0 Å². The number of carbonyl (C=O) groups is 1. The second kappa shape index (κ2) is 8.08. The van der Waals surface area contributed by atoms with Crippen molar-refractivity contribution in [1.82, 2.24) is 10.3 Å². The molecule has 1 aromatic heterocycles. The van der Waals surface area contributed by atoms with Crippen LogP contribution in [0.1, 0.15) is 29.2 Å². The Hall–Kier alpha value is -1.92. The maximum Gasteiger partial charge on any atom is 0.263 e. The van der Waals surface area contributed by atoms with E-state index in [2.05, 4.69) is 10.3 Å². The Morgan fingerprint density at radius 2 is 2.09 bits per heavy atom. The van der Waals surface area contributed by atoms with E-state index in [9.17, 15) is 4.79 Å². The first kappa shape index (κ1) is 17.4. The second-order valence-electron chi connectivity index (χ2n) is 5.39. The summed E-state index contributed by atoms with van der Waals surface area (Å²) in [7, 11) is 0. The molecule has 0 bridgehead atoms. The summed E-state index contributed by atoms with van der Waals surface area (Å²) < 4.78 is 5.43. The molecule has 5 nitrogen and oxygen atoms in total. The fourth-order valence-corrected chi connectivity index (χ4v) is 2.99. The first-order valence-corrected chi connectivity index (χ1v) is 8.46. The van der Waals surface area contributed by atoms with Crippen molar-refractivity contribution in [3.8, 4) is 16.3 Å². The molecule has 0 aliphatic heterocycles. The lowest BCUT2D eigenvalue weighted by Crippen LogP contribution is -2.29. The van der Waals surface area contributed by atoms with Gasteiger partial charge in [-0.25, -0.2) is 4.98 Å². The van der Waals surface area contributed by atoms with Crippen LogP contribution in [0.5, 0.6) is 5.75 Å². The SMILES string of the molecule is CCOc1ccc(-c2nc(C)c(C(=O)NCC(C)CO)s2)cc1. The van der Waals surface area contributed by atoms with Crippen LogP contribution in [0, 0.1) is 12.8 Å². The van der Waals surface area contributed by atoms with Crippen LogP contribution in [0.15, 0.2) is 24.3 Å². The number of rotatable bonds is 7. The predicted molar refractivity (Wildman–Crippen MR) is 92.0 cm³/mol. The van der Waals surface area contributed by atoms with E-state index < -0.39 is 0 Å². The van der Waals surface area contributed by atoms with Crippen molar-refractivity contribution in [2.24, 2.45) is 5.92 Å². The Morgan fingerprint density at radius 3 is 2.70 bits per heavy atom. The summed E-state index contributed by atoms with van der Waals surface area (Å²) in [5.74, 6) is 0.718. The molecule has 0 fully saturated rings. The molecule has 2 rings (SSSR count). The van der Waals surface area contributed by atoms with E-state index in [1.165, 1.54) is 11.3 Å². The molecule has 0 saturated carbocycles. The zero-order chi connectivity index (χ0) is 16.8. The minimum Gasteiger partial charge on any atom is -0.494 e. The number of aromatic nitrogens is 1. The zero-order valence-corrected chi connectivity index (χ0v) is 14.4. The summed E-state index contributed by atoms with van der Waals surface area (Å²) >= 11 is 1.37. The van der Waals surface area contributed by atoms with Crippen LogP contribution < -0.4 is 10.1 Å². The highest BCUT2D eigenvalue weighted by Crippen LogP contribution is 2.29. The molecule has 0 saturated heterocycles. The summed E-state index contributed by atoms with van der Waals surface area (Å²) in [6.07, 6.45) is 0. The smallest absolute Gasteiger partial charge is 0.263 e. The molecule has 1 aromatic carbocycles. The largest absolute Gasteiger partial charge is 0.494 e. The number of amides is 1. The fourth-order valence-electron chi connectivity index (χ4n) is 2.00. The van der Waals surface area contributed by atoms with Gasteiger partial charge in [0.25, 0.3) is 5.91 Å². The van der Waals surface area contributed by atoms with Crippen LogP contribution in [0.25, 0.3) is 10.6 Å². The lowest BCUT2D eigenvalue weighted by Gasteiger charge is -2.08. The Bertz CT molecular complexity index is 652. The predicted octanol–water partition coefficient (Wildman–Crippen LogP) is 2.88. The van der Waals surface area contributed by atoms with E-state index in [0.29, 0.717) is 23.7 Å². The van der Waals surface area contributed by atoms with Crippen molar-refractivity contribution in [1.29, 1.82) is 0 Å². The van der Waals surface area contributed by atoms with Crippen LogP contribution >= 0.6 is 11.3 Å². The average molecular weight is 334 g/mol. The molecule has 1 heterocycles. The molecule has 124 valence electrons. The maximum absolute atomic E-state index is 12.2. The van der Waals surface area contributed by atoms with Gasteiger partial charge in [-0.2, -0.15) is 0 Å². The summed E-state index contributed by atoms with van der Waals surface area (Å²) in [6, 6.07) is 7.69. The lowest BCUT2D eigenvalue weighted by atomic mass is 10.2. The molecular formula is C17H22N2O3S. The van der Waals surface area contributed by atoms with E-state index in [1.54, 1.807) is 0 Å². The van der Waals surface area contributed by atoms with Crippen molar-refractivity contribution in [2.45, 2.75) is 20.8 Å². The molecule has 1 atom stereocenters. The molecule has 23 heavy (non-hydrogen) atoms. The highest BCUT2D eigenvalue weighted by molar-refractivity contribution is 7.17. The third kappa shape index (κ3) is 4.53. The number of aliphatic hydroxyl groups excluding tert-OH is 1. The number of aliphatic hydroxyl groups is 1. The molecule has 1 unspecified atom stereocenters. The van der Waals surface area contributed by atoms with Gasteiger partial charge in [0.15, 0.2) is 0 Å². The number of hydrogen-bond donors (Lipinski definition) is 2. The molecule has 2 N–H and O–H groups in total. The van der Waals surface area contributed by atoms with Gasteiger partial charge in [-0.15, -0.1) is 11.3 Å². The normalized spacial score (nSPS) is 12.0. The third-order valence-electron chi connectivity index (χ3n) is 3.34. The van der Waals surface area contributed by atoms with Gasteiger partial charge in [-0.05, 0) is 44.0 Å². The van der Waals surface area contributed by atoms with E-state index in [0.717, 1.165) is 16.3 Å². The first-order chi connectivity index (χ1) is 11.0. The van der Waals surface area contributed by atoms with Gasteiger partial charge >= 0.3 is 0 Å². The number of thiazole rings is 1. The van der Waals surface area contributed by atoms with Gasteiger partial charge in [0.05, 0.1) is 12.3 Å². The van der Waals surface area contributed by atoms with Crippen LogP contribution in [0.2, 0.25) is 0 Å². The van der Waals surface area contributed by atoms with Crippen molar-refractivity contribution < 1.29 is 14.6 Å². The first-order valence-electron chi connectivity index (χ1n) is 7.64.